The van der Waals surface area contributed by atoms with Crippen molar-refractivity contribution in [2.75, 3.05) is 11.6 Å². The minimum Gasteiger partial charge on any atom is -0.392 e. The highest BCUT2D eigenvalue weighted by molar-refractivity contribution is 7.98. The summed E-state index contributed by atoms with van der Waals surface area (Å²) in [6, 6.07) is 6.98. The van der Waals surface area contributed by atoms with Crippen molar-refractivity contribution >= 4 is 23.4 Å². The molecule has 0 saturated heterocycles. The number of aliphatic hydroxyl groups excluding tert-OH is 1. The predicted octanol–water partition coefficient (Wildman–Crippen LogP) is 1.54. The van der Waals surface area contributed by atoms with Crippen molar-refractivity contribution in [2.45, 2.75) is 18.6 Å². The van der Waals surface area contributed by atoms with Crippen LogP contribution in [0.3, 0.4) is 0 Å². The number of anilines is 1. The number of aliphatic hydroxyl groups is 1. The molecule has 2 aromatic rings. The summed E-state index contributed by atoms with van der Waals surface area (Å²) in [6.45, 7) is 1.48. The van der Waals surface area contributed by atoms with Gasteiger partial charge in [-0.05, 0) is 19.2 Å². The van der Waals surface area contributed by atoms with Gasteiger partial charge < -0.3 is 15.4 Å². The Kier molecular flexibility index (Phi) is 4.77. The molecule has 1 amide bonds. The number of nitrogens with one attached hydrogen (secondary N) is 2. The van der Waals surface area contributed by atoms with Crippen LogP contribution in [0.5, 0.6) is 0 Å². The highest BCUT2D eigenvalue weighted by atomic mass is 32.2. The zero-order chi connectivity index (χ0) is 15.4. The van der Waals surface area contributed by atoms with E-state index in [0.717, 1.165) is 0 Å². The van der Waals surface area contributed by atoms with E-state index in [9.17, 15) is 14.7 Å². The van der Waals surface area contributed by atoms with Crippen molar-refractivity contribution in [1.82, 2.24) is 9.97 Å². The van der Waals surface area contributed by atoms with E-state index in [2.05, 4.69) is 15.3 Å². The molecule has 0 radical (unpaired) electrons. The molecule has 1 heterocycles. The molecule has 0 aliphatic rings. The van der Waals surface area contributed by atoms with E-state index in [4.69, 9.17) is 0 Å². The minimum absolute atomic E-state index is 0.172. The molecule has 2 rings (SSSR count). The maximum Gasteiger partial charge on any atom is 0.346 e. The van der Waals surface area contributed by atoms with Crippen molar-refractivity contribution in [3.05, 3.63) is 51.6 Å². The van der Waals surface area contributed by atoms with E-state index >= 15 is 0 Å². The molecule has 6 nitrogen and oxygen atoms in total. The van der Waals surface area contributed by atoms with Crippen LogP contribution in [0, 0.1) is 6.92 Å². The molecule has 0 saturated carbocycles. The van der Waals surface area contributed by atoms with Crippen LogP contribution in [-0.4, -0.2) is 27.2 Å². The topological polar surface area (TPSA) is 95.1 Å². The molecule has 0 aliphatic carbocycles. The fourth-order valence-electron chi connectivity index (χ4n) is 1.94. The molecule has 0 aliphatic heterocycles. The first-order chi connectivity index (χ1) is 10.1. The number of carbonyl (C=O) groups excluding carboxylic acids is 1. The lowest BCUT2D eigenvalue weighted by atomic mass is 10.1. The average Bonchev–Trinajstić information content (AvgIpc) is 2.46. The Morgan fingerprint density at radius 3 is 2.81 bits per heavy atom. The summed E-state index contributed by atoms with van der Waals surface area (Å²) in [4.78, 5) is 30.1. The van der Waals surface area contributed by atoms with Gasteiger partial charge in [-0.15, -0.1) is 11.8 Å². The van der Waals surface area contributed by atoms with E-state index in [1.54, 1.807) is 37.4 Å². The SMILES string of the molecule is CSc1nc(=O)[nH]c(C)c1C(=O)Nc1ccccc1CO. The molecule has 110 valence electrons. The molecule has 21 heavy (non-hydrogen) atoms. The number of carbonyl (C=O) groups is 1. The number of rotatable bonds is 4. The fraction of sp³-hybridized carbons (Fsp3) is 0.214. The number of amides is 1. The molecule has 0 spiro atoms. The maximum absolute atomic E-state index is 12.4. The Morgan fingerprint density at radius 2 is 2.14 bits per heavy atom. The second-order valence-electron chi connectivity index (χ2n) is 4.32. The van der Waals surface area contributed by atoms with Crippen LogP contribution in [0.4, 0.5) is 5.69 Å². The second kappa shape index (κ2) is 6.55. The summed E-state index contributed by atoms with van der Waals surface area (Å²) in [7, 11) is 0. The first-order valence-electron chi connectivity index (χ1n) is 6.21. The number of aromatic amines is 1. The molecule has 0 bridgehead atoms. The van der Waals surface area contributed by atoms with Crippen molar-refractivity contribution in [2.24, 2.45) is 0 Å². The van der Waals surface area contributed by atoms with Crippen LogP contribution in [0.25, 0.3) is 0 Å². The first-order valence-corrected chi connectivity index (χ1v) is 7.44. The van der Waals surface area contributed by atoms with Gasteiger partial charge in [-0.2, -0.15) is 4.98 Å². The molecule has 0 fully saturated rings. The van der Waals surface area contributed by atoms with Gasteiger partial charge in [-0.25, -0.2) is 4.79 Å². The summed E-state index contributed by atoms with van der Waals surface area (Å²) in [5.41, 5.74) is 1.45. The van der Waals surface area contributed by atoms with Crippen molar-refractivity contribution < 1.29 is 9.90 Å². The van der Waals surface area contributed by atoms with E-state index in [0.29, 0.717) is 27.5 Å². The molecule has 3 N–H and O–H groups in total. The van der Waals surface area contributed by atoms with Gasteiger partial charge in [0, 0.05) is 16.9 Å². The number of H-pyrrole nitrogens is 1. The summed E-state index contributed by atoms with van der Waals surface area (Å²) < 4.78 is 0. The van der Waals surface area contributed by atoms with Gasteiger partial charge in [0.05, 0.1) is 12.2 Å². The van der Waals surface area contributed by atoms with Gasteiger partial charge in [0.2, 0.25) is 0 Å². The van der Waals surface area contributed by atoms with Gasteiger partial charge in [0.15, 0.2) is 0 Å². The number of para-hydroxylation sites is 1. The summed E-state index contributed by atoms with van der Waals surface area (Å²) in [6.07, 6.45) is 1.75. The lowest BCUT2D eigenvalue weighted by Gasteiger charge is -2.12. The zero-order valence-electron chi connectivity index (χ0n) is 11.6. The number of hydrogen-bond acceptors (Lipinski definition) is 5. The third-order valence-corrected chi connectivity index (χ3v) is 3.62. The van der Waals surface area contributed by atoms with Crippen LogP contribution >= 0.6 is 11.8 Å². The standard InChI is InChI=1S/C14H15N3O3S/c1-8-11(13(21-2)17-14(20)15-8)12(19)16-10-6-4-3-5-9(10)7-18/h3-6,18H,7H2,1-2H3,(H,16,19)(H,15,17,20). The maximum atomic E-state index is 12.4. The van der Waals surface area contributed by atoms with E-state index < -0.39 is 5.69 Å². The van der Waals surface area contributed by atoms with Crippen molar-refractivity contribution in [1.29, 1.82) is 0 Å². The van der Waals surface area contributed by atoms with Crippen LogP contribution in [0.1, 0.15) is 21.6 Å². The fourth-order valence-corrected chi connectivity index (χ4v) is 2.56. The third kappa shape index (κ3) is 3.32. The number of benzene rings is 1. The number of aryl methyl sites for hydroxylation is 1. The van der Waals surface area contributed by atoms with Crippen LogP contribution in [0.15, 0.2) is 34.1 Å². The summed E-state index contributed by atoms with van der Waals surface area (Å²) in [5, 5.41) is 12.4. The molecule has 1 aromatic heterocycles. The Labute approximate surface area is 125 Å². The Bertz CT molecular complexity index is 728. The monoisotopic (exact) mass is 305 g/mol. The Hall–Kier alpha value is -2.12. The van der Waals surface area contributed by atoms with E-state index in [1.807, 2.05) is 0 Å². The van der Waals surface area contributed by atoms with Gasteiger partial charge in [0.25, 0.3) is 5.91 Å². The molecule has 1 aromatic carbocycles. The minimum atomic E-state index is -0.482. The van der Waals surface area contributed by atoms with Gasteiger partial charge in [0.1, 0.15) is 5.03 Å². The number of aromatic nitrogens is 2. The molecule has 0 atom stereocenters. The molecular weight excluding hydrogens is 290 g/mol. The Morgan fingerprint density at radius 1 is 1.43 bits per heavy atom. The normalized spacial score (nSPS) is 10.4. The van der Waals surface area contributed by atoms with E-state index in [1.165, 1.54) is 11.8 Å². The van der Waals surface area contributed by atoms with Crippen molar-refractivity contribution in [3.63, 3.8) is 0 Å². The van der Waals surface area contributed by atoms with Gasteiger partial charge in [-0.1, -0.05) is 18.2 Å². The lowest BCUT2D eigenvalue weighted by molar-refractivity contribution is 0.102. The smallest absolute Gasteiger partial charge is 0.346 e. The van der Waals surface area contributed by atoms with Gasteiger partial charge >= 0.3 is 5.69 Å². The largest absolute Gasteiger partial charge is 0.392 e. The predicted molar refractivity (Wildman–Crippen MR) is 81.7 cm³/mol. The third-order valence-electron chi connectivity index (χ3n) is 2.94. The number of thioether (sulfide) groups is 1. The highest BCUT2D eigenvalue weighted by Crippen LogP contribution is 2.21. The Balaban J connectivity index is 2.39. The summed E-state index contributed by atoms with van der Waals surface area (Å²) in [5.74, 6) is -0.374. The van der Waals surface area contributed by atoms with E-state index in [-0.39, 0.29) is 12.5 Å². The first kappa shape index (κ1) is 15.3. The van der Waals surface area contributed by atoms with Crippen molar-refractivity contribution in [3.8, 4) is 0 Å². The zero-order valence-corrected chi connectivity index (χ0v) is 12.5. The number of nitrogens with zero attached hydrogens (tertiary/aromatic N) is 1. The molecular formula is C14H15N3O3S. The van der Waals surface area contributed by atoms with Crippen LogP contribution in [0.2, 0.25) is 0 Å². The highest BCUT2D eigenvalue weighted by Gasteiger charge is 2.18. The second-order valence-corrected chi connectivity index (χ2v) is 5.12. The molecule has 7 heteroatoms. The average molecular weight is 305 g/mol. The van der Waals surface area contributed by atoms with Crippen LogP contribution < -0.4 is 11.0 Å². The quantitative estimate of drug-likeness (QED) is 0.588. The lowest BCUT2D eigenvalue weighted by Crippen LogP contribution is -2.22. The van der Waals surface area contributed by atoms with Crippen LogP contribution in [-0.2, 0) is 6.61 Å². The molecule has 0 unspecified atom stereocenters. The number of hydrogen-bond donors (Lipinski definition) is 3. The van der Waals surface area contributed by atoms with Gasteiger partial charge in [-0.3, -0.25) is 4.79 Å². The summed E-state index contributed by atoms with van der Waals surface area (Å²) >= 11 is 1.23.